The van der Waals surface area contributed by atoms with E-state index in [0.29, 0.717) is 0 Å². The quantitative estimate of drug-likeness (QED) is 0.190. The molecular weight excluding hydrogens is 612 g/mol. The van der Waals surface area contributed by atoms with Crippen LogP contribution in [0.25, 0.3) is 0 Å². The Bertz CT molecular complexity index is 1160. The largest absolute Gasteiger partial charge is 0.490 e. The first kappa shape index (κ1) is 33.2. The fourth-order valence-corrected chi connectivity index (χ4v) is 5.87. The lowest BCUT2D eigenvalue weighted by atomic mass is 9.68. The number of esters is 3. The van der Waals surface area contributed by atoms with Crippen molar-refractivity contribution in [3.05, 3.63) is 0 Å². The first-order chi connectivity index (χ1) is 18.3. The standard InChI is InChI=1S/C21H24F8O11S/c1-15(2)10-4-5-16(15,3)18(11(10)40-14(32)21(28,29)41(33,34)35)38-8-17(9-39-18,6-36-12(30)19(22,23)24)7-37-13(31)20(25,26)27/h10-11H,4-9H2,1-3H3,(H,33,34,35). The third-order valence-corrected chi connectivity index (χ3v) is 9.09. The lowest BCUT2D eigenvalue weighted by molar-refractivity contribution is -0.382. The molecule has 3 rings (SSSR count). The van der Waals surface area contributed by atoms with Gasteiger partial charge in [0.1, 0.15) is 13.2 Å². The summed E-state index contributed by atoms with van der Waals surface area (Å²) in [6.45, 7) is 0.0949. The Morgan fingerprint density at radius 2 is 1.29 bits per heavy atom. The van der Waals surface area contributed by atoms with E-state index in [2.05, 4.69) is 9.47 Å². The monoisotopic (exact) mass is 636 g/mol. The van der Waals surface area contributed by atoms with Crippen LogP contribution in [0.5, 0.6) is 0 Å². The third-order valence-electron chi connectivity index (χ3n) is 8.28. The van der Waals surface area contributed by atoms with Crippen LogP contribution in [0.3, 0.4) is 0 Å². The fourth-order valence-electron chi connectivity index (χ4n) is 5.61. The van der Waals surface area contributed by atoms with E-state index in [1.165, 1.54) is 6.92 Å². The van der Waals surface area contributed by atoms with Crippen LogP contribution in [-0.2, 0) is 48.2 Å². The molecule has 3 atom stereocenters. The Labute approximate surface area is 226 Å². The van der Waals surface area contributed by atoms with E-state index in [0.717, 1.165) is 0 Å². The average Bonchev–Trinajstić information content (AvgIpc) is 3.13. The van der Waals surface area contributed by atoms with E-state index in [9.17, 15) is 57.9 Å². The molecule has 3 aliphatic rings. The van der Waals surface area contributed by atoms with E-state index >= 15 is 0 Å². The molecule has 1 heterocycles. The Balaban J connectivity index is 1.95. The highest BCUT2D eigenvalue weighted by molar-refractivity contribution is 7.87. The maximum Gasteiger partial charge on any atom is 0.490 e. The van der Waals surface area contributed by atoms with Crippen molar-refractivity contribution < 1.29 is 86.2 Å². The van der Waals surface area contributed by atoms with Crippen molar-refractivity contribution in [3.8, 4) is 0 Å². The van der Waals surface area contributed by atoms with Crippen LogP contribution in [0, 0.1) is 22.2 Å². The second kappa shape index (κ2) is 9.87. The highest BCUT2D eigenvalue weighted by Gasteiger charge is 2.79. The molecule has 1 N–H and O–H groups in total. The van der Waals surface area contributed by atoms with Gasteiger partial charge in [0, 0.05) is 11.3 Å². The maximum absolute atomic E-state index is 14.1. The first-order valence-electron chi connectivity index (χ1n) is 11.6. The number of alkyl halides is 8. The molecule has 0 aromatic heterocycles. The van der Waals surface area contributed by atoms with Gasteiger partial charge in [-0.05, 0) is 18.3 Å². The molecule has 2 saturated carbocycles. The predicted octanol–water partition coefficient (Wildman–Crippen LogP) is 2.78. The molecule has 1 spiro atoms. The molecule has 0 amide bonds. The van der Waals surface area contributed by atoms with Crippen LogP contribution >= 0.6 is 0 Å². The molecule has 1 saturated heterocycles. The van der Waals surface area contributed by atoms with Gasteiger partial charge in [-0.15, -0.1) is 0 Å². The highest BCUT2D eigenvalue weighted by Crippen LogP contribution is 2.72. The third kappa shape index (κ3) is 5.35. The van der Waals surface area contributed by atoms with Gasteiger partial charge in [0.15, 0.2) is 6.10 Å². The normalized spacial score (nSPS) is 28.8. The molecule has 1 aliphatic heterocycles. The van der Waals surface area contributed by atoms with E-state index < -0.39 is 106 Å². The minimum atomic E-state index is -6.29. The summed E-state index contributed by atoms with van der Waals surface area (Å²) in [6, 6.07) is 0. The van der Waals surface area contributed by atoms with Crippen LogP contribution in [0.15, 0.2) is 0 Å². The van der Waals surface area contributed by atoms with Crippen molar-refractivity contribution in [2.75, 3.05) is 26.4 Å². The second-order valence-electron chi connectivity index (χ2n) is 10.9. The number of hydrogen-bond donors (Lipinski definition) is 1. The average molecular weight is 636 g/mol. The summed E-state index contributed by atoms with van der Waals surface area (Å²) in [5.41, 5.74) is -4.42. The summed E-state index contributed by atoms with van der Waals surface area (Å²) < 4.78 is 160. The number of ether oxygens (including phenoxy) is 5. The summed E-state index contributed by atoms with van der Waals surface area (Å²) in [5, 5.41) is -5.42. The van der Waals surface area contributed by atoms with Gasteiger partial charge in [-0.3, -0.25) is 4.55 Å². The molecule has 2 bridgehead atoms. The number of hydrogen-bond acceptors (Lipinski definition) is 10. The summed E-state index contributed by atoms with van der Waals surface area (Å²) in [5.74, 6) is -11.3. The van der Waals surface area contributed by atoms with Gasteiger partial charge in [-0.25, -0.2) is 14.4 Å². The van der Waals surface area contributed by atoms with Gasteiger partial charge in [0.2, 0.25) is 5.79 Å². The Morgan fingerprint density at radius 3 is 1.68 bits per heavy atom. The molecule has 20 heteroatoms. The predicted molar refractivity (Wildman–Crippen MR) is 112 cm³/mol. The lowest BCUT2D eigenvalue weighted by Crippen LogP contribution is -2.65. The van der Waals surface area contributed by atoms with E-state index in [4.69, 9.17) is 18.8 Å². The molecule has 236 valence electrons. The molecule has 3 unspecified atom stereocenters. The minimum absolute atomic E-state index is 0.199. The zero-order valence-corrected chi connectivity index (χ0v) is 22.2. The van der Waals surface area contributed by atoms with Crippen molar-refractivity contribution in [2.24, 2.45) is 22.2 Å². The number of rotatable bonds is 7. The van der Waals surface area contributed by atoms with Gasteiger partial charge in [-0.1, -0.05) is 20.8 Å². The highest BCUT2D eigenvalue weighted by atomic mass is 32.2. The number of halogens is 8. The maximum atomic E-state index is 14.1. The zero-order chi connectivity index (χ0) is 31.7. The summed E-state index contributed by atoms with van der Waals surface area (Å²) in [7, 11) is -6.29. The molecule has 0 aromatic carbocycles. The molecule has 0 radical (unpaired) electrons. The van der Waals surface area contributed by atoms with Crippen LogP contribution in [-0.4, -0.2) is 86.8 Å². The number of fused-ring (bicyclic) bond motifs is 3. The first-order valence-corrected chi connectivity index (χ1v) is 13.0. The topological polar surface area (TPSA) is 152 Å². The number of carbonyl (C=O) groups is 3. The van der Waals surface area contributed by atoms with Crippen molar-refractivity contribution in [3.63, 3.8) is 0 Å². The van der Waals surface area contributed by atoms with Gasteiger partial charge in [-0.2, -0.15) is 43.5 Å². The van der Waals surface area contributed by atoms with Crippen molar-refractivity contribution in [1.29, 1.82) is 0 Å². The van der Waals surface area contributed by atoms with E-state index in [1.807, 2.05) is 0 Å². The smallest absolute Gasteiger partial charge is 0.458 e. The molecular formula is C21H24F8O11S. The summed E-state index contributed by atoms with van der Waals surface area (Å²) in [6.07, 6.45) is -12.4. The zero-order valence-electron chi connectivity index (χ0n) is 21.4. The van der Waals surface area contributed by atoms with Gasteiger partial charge < -0.3 is 23.7 Å². The summed E-state index contributed by atoms with van der Waals surface area (Å²) in [4.78, 5) is 34.7. The molecule has 0 aromatic rings. The molecule has 11 nitrogen and oxygen atoms in total. The Morgan fingerprint density at radius 1 is 0.854 bits per heavy atom. The molecule has 3 fully saturated rings. The molecule has 2 aliphatic carbocycles. The van der Waals surface area contributed by atoms with Gasteiger partial charge in [0.05, 0.1) is 18.6 Å². The van der Waals surface area contributed by atoms with Crippen LogP contribution in [0.1, 0.15) is 33.6 Å². The van der Waals surface area contributed by atoms with Crippen LogP contribution < -0.4 is 0 Å². The SMILES string of the molecule is CC1(C)C2CCC1(C)C1(OCC(COC(=O)C(F)(F)F)(COC(=O)C(F)(F)F)CO1)C2OC(=O)C(F)(F)S(=O)(=O)O. The van der Waals surface area contributed by atoms with Crippen LogP contribution in [0.2, 0.25) is 0 Å². The Kier molecular flexibility index (Phi) is 7.99. The van der Waals surface area contributed by atoms with Crippen molar-refractivity contribution in [2.45, 2.75) is 63.1 Å². The van der Waals surface area contributed by atoms with E-state index in [-0.39, 0.29) is 12.8 Å². The van der Waals surface area contributed by atoms with E-state index in [1.54, 1.807) is 13.8 Å². The second-order valence-corrected chi connectivity index (χ2v) is 12.4. The number of carbonyl (C=O) groups excluding carboxylic acids is 3. The Hall–Kier alpha value is -2.32. The molecule has 41 heavy (non-hydrogen) atoms. The van der Waals surface area contributed by atoms with Crippen molar-refractivity contribution in [1.82, 2.24) is 0 Å². The lowest BCUT2D eigenvalue weighted by Gasteiger charge is -2.54. The van der Waals surface area contributed by atoms with Gasteiger partial charge >= 0.3 is 45.6 Å². The van der Waals surface area contributed by atoms with Crippen molar-refractivity contribution >= 4 is 28.0 Å². The van der Waals surface area contributed by atoms with Gasteiger partial charge in [0.25, 0.3) is 0 Å². The minimum Gasteiger partial charge on any atom is -0.458 e. The van der Waals surface area contributed by atoms with Crippen LogP contribution in [0.4, 0.5) is 35.1 Å². The summed E-state index contributed by atoms with van der Waals surface area (Å²) >= 11 is 0. The fraction of sp³-hybridized carbons (Fsp3) is 0.857.